The number of pyridine rings is 1. The second-order valence-corrected chi connectivity index (χ2v) is 6.38. The van der Waals surface area contributed by atoms with Crippen molar-refractivity contribution in [1.29, 1.82) is 0 Å². The van der Waals surface area contributed by atoms with Crippen molar-refractivity contribution in [2.75, 3.05) is 5.73 Å². The number of nitrogens with zero attached hydrogens (tertiary/aromatic N) is 1. The maximum atomic E-state index is 13.2. The number of aromatic nitrogens is 1. The Morgan fingerprint density at radius 1 is 1.22 bits per heavy atom. The van der Waals surface area contributed by atoms with Crippen molar-refractivity contribution >= 4 is 28.2 Å². The number of hydrogen-bond donors (Lipinski definition) is 1. The largest absolute Gasteiger partial charge is 0.450 e. The van der Waals surface area contributed by atoms with Crippen molar-refractivity contribution in [1.82, 2.24) is 4.98 Å². The van der Waals surface area contributed by atoms with E-state index < -0.39 is 28.8 Å². The van der Waals surface area contributed by atoms with E-state index >= 15 is 0 Å². The quantitative estimate of drug-likeness (QED) is 0.680. The first kappa shape index (κ1) is 17.3. The van der Waals surface area contributed by atoms with Crippen LogP contribution in [0, 0.1) is 0 Å². The van der Waals surface area contributed by atoms with Gasteiger partial charge in [0, 0.05) is 29.8 Å². The van der Waals surface area contributed by atoms with E-state index in [1.165, 1.54) is 0 Å². The summed E-state index contributed by atoms with van der Waals surface area (Å²) in [5, 5.41) is 0.338. The zero-order valence-electron chi connectivity index (χ0n) is 13.9. The van der Waals surface area contributed by atoms with Crippen LogP contribution < -0.4 is 5.73 Å². The highest BCUT2D eigenvalue weighted by molar-refractivity contribution is 6.15. The van der Waals surface area contributed by atoms with E-state index in [2.05, 4.69) is 4.98 Å². The Balaban J connectivity index is 1.87. The average molecular weight is 374 g/mol. The Morgan fingerprint density at radius 3 is 2.74 bits per heavy atom. The first-order valence-electron chi connectivity index (χ1n) is 8.21. The molecule has 1 aliphatic carbocycles. The summed E-state index contributed by atoms with van der Waals surface area (Å²) in [6.45, 7) is 0. The number of halogens is 3. The number of nitrogens with two attached hydrogens (primary N) is 1. The fourth-order valence-corrected chi connectivity index (χ4v) is 3.36. The van der Waals surface area contributed by atoms with Gasteiger partial charge in [0.1, 0.15) is 5.58 Å². The van der Waals surface area contributed by atoms with Crippen LogP contribution in [0.15, 0.2) is 35.0 Å². The van der Waals surface area contributed by atoms with Crippen molar-refractivity contribution in [3.8, 4) is 0 Å². The number of anilines is 1. The lowest BCUT2D eigenvalue weighted by molar-refractivity contribution is -0.137. The van der Waals surface area contributed by atoms with Crippen LogP contribution in [-0.2, 0) is 12.6 Å². The lowest BCUT2D eigenvalue weighted by Gasteiger charge is -2.13. The van der Waals surface area contributed by atoms with Gasteiger partial charge in [-0.2, -0.15) is 13.2 Å². The first-order chi connectivity index (χ1) is 12.8. The van der Waals surface area contributed by atoms with Gasteiger partial charge in [-0.15, -0.1) is 0 Å². The molecule has 0 aliphatic heterocycles. The van der Waals surface area contributed by atoms with Gasteiger partial charge in [-0.25, -0.2) is 0 Å². The van der Waals surface area contributed by atoms with Crippen LogP contribution in [0.4, 0.5) is 18.9 Å². The van der Waals surface area contributed by atoms with Crippen LogP contribution in [0.25, 0.3) is 11.0 Å². The minimum atomic E-state index is -4.72. The standard InChI is InChI=1S/C19H13F3N2O3/c20-19(21,22)13-4-5-24-8-12(13)17(26)18-16(23)11-7-10-9(6-15(11)27-18)2-1-3-14(10)25/h4-8H,1-3,23H2. The second-order valence-electron chi connectivity index (χ2n) is 6.38. The van der Waals surface area contributed by atoms with E-state index in [0.29, 0.717) is 30.2 Å². The molecule has 2 N–H and O–H groups in total. The molecule has 2 heterocycles. The van der Waals surface area contributed by atoms with Crippen molar-refractivity contribution in [3.05, 3.63) is 58.6 Å². The van der Waals surface area contributed by atoms with Crippen molar-refractivity contribution in [2.24, 2.45) is 0 Å². The van der Waals surface area contributed by atoms with Gasteiger partial charge < -0.3 is 10.2 Å². The highest BCUT2D eigenvalue weighted by Crippen LogP contribution is 2.37. The number of carbonyl (C=O) groups excluding carboxylic acids is 2. The molecule has 0 amide bonds. The van der Waals surface area contributed by atoms with Crippen LogP contribution in [0.2, 0.25) is 0 Å². The third-order valence-corrected chi connectivity index (χ3v) is 4.68. The van der Waals surface area contributed by atoms with E-state index in [9.17, 15) is 22.8 Å². The van der Waals surface area contributed by atoms with E-state index in [4.69, 9.17) is 10.2 Å². The van der Waals surface area contributed by atoms with E-state index in [1.807, 2.05) is 0 Å². The molecule has 0 unspecified atom stereocenters. The molecule has 138 valence electrons. The highest BCUT2D eigenvalue weighted by atomic mass is 19.4. The smallest absolute Gasteiger partial charge is 0.417 e. The van der Waals surface area contributed by atoms with Gasteiger partial charge in [-0.1, -0.05) is 0 Å². The van der Waals surface area contributed by atoms with Crippen LogP contribution in [0.1, 0.15) is 50.4 Å². The van der Waals surface area contributed by atoms with Gasteiger partial charge in [0.2, 0.25) is 5.78 Å². The minimum absolute atomic E-state index is 0.0294. The number of carbonyl (C=O) groups is 2. The summed E-state index contributed by atoms with van der Waals surface area (Å²) in [4.78, 5) is 28.4. The monoisotopic (exact) mass is 374 g/mol. The molecule has 0 atom stereocenters. The topological polar surface area (TPSA) is 86.2 Å². The Labute approximate surface area is 151 Å². The predicted molar refractivity (Wildman–Crippen MR) is 90.6 cm³/mol. The maximum absolute atomic E-state index is 13.2. The predicted octanol–water partition coefficient (Wildman–Crippen LogP) is 4.18. The number of Topliss-reactive ketones (excluding diaryl/α,β-unsaturated/α-hetero) is 1. The number of alkyl halides is 3. The molecule has 0 saturated heterocycles. The number of fused-ring (bicyclic) bond motifs is 2. The van der Waals surface area contributed by atoms with Crippen molar-refractivity contribution < 1.29 is 27.2 Å². The zero-order chi connectivity index (χ0) is 19.3. The minimum Gasteiger partial charge on any atom is -0.450 e. The van der Waals surface area contributed by atoms with Gasteiger partial charge in [0.15, 0.2) is 11.5 Å². The molecule has 2 aromatic heterocycles. The summed E-state index contributed by atoms with van der Waals surface area (Å²) in [5.41, 5.74) is 5.70. The second kappa shape index (κ2) is 5.94. The molecule has 0 bridgehead atoms. The molecule has 0 spiro atoms. The van der Waals surface area contributed by atoms with Crippen LogP contribution in [-0.4, -0.2) is 16.6 Å². The lowest BCUT2D eigenvalue weighted by Crippen LogP contribution is -2.14. The maximum Gasteiger partial charge on any atom is 0.417 e. The number of hydrogen-bond acceptors (Lipinski definition) is 5. The summed E-state index contributed by atoms with van der Waals surface area (Å²) in [7, 11) is 0. The Bertz CT molecular complexity index is 1100. The van der Waals surface area contributed by atoms with Gasteiger partial charge in [0.25, 0.3) is 0 Å². The molecule has 1 aliphatic rings. The van der Waals surface area contributed by atoms with Crippen LogP contribution >= 0.6 is 0 Å². The van der Waals surface area contributed by atoms with Gasteiger partial charge in [-0.3, -0.25) is 14.6 Å². The molecule has 3 aromatic rings. The number of rotatable bonds is 2. The van der Waals surface area contributed by atoms with Gasteiger partial charge in [0.05, 0.1) is 16.8 Å². The molecule has 4 rings (SSSR count). The first-order valence-corrected chi connectivity index (χ1v) is 8.21. The molecule has 5 nitrogen and oxygen atoms in total. The molecule has 0 fully saturated rings. The Kier molecular flexibility index (Phi) is 3.80. The Hall–Kier alpha value is -3.16. The van der Waals surface area contributed by atoms with Gasteiger partial charge >= 0.3 is 6.18 Å². The number of aryl methyl sites for hydroxylation is 1. The highest BCUT2D eigenvalue weighted by Gasteiger charge is 2.36. The third kappa shape index (κ3) is 2.77. The van der Waals surface area contributed by atoms with Crippen LogP contribution in [0.5, 0.6) is 0 Å². The average Bonchev–Trinajstić information content (AvgIpc) is 2.95. The zero-order valence-corrected chi connectivity index (χ0v) is 13.9. The van der Waals surface area contributed by atoms with Gasteiger partial charge in [-0.05, 0) is 36.6 Å². The normalized spacial score (nSPS) is 14.4. The fourth-order valence-electron chi connectivity index (χ4n) is 3.36. The third-order valence-electron chi connectivity index (χ3n) is 4.68. The van der Waals surface area contributed by atoms with Crippen molar-refractivity contribution in [2.45, 2.75) is 25.4 Å². The lowest BCUT2D eigenvalue weighted by atomic mass is 9.89. The molecular formula is C19H13F3N2O3. The molecule has 27 heavy (non-hydrogen) atoms. The van der Waals surface area contributed by atoms with E-state index in [0.717, 1.165) is 24.0 Å². The summed E-state index contributed by atoms with van der Waals surface area (Å²) in [6, 6.07) is 3.90. The molecular weight excluding hydrogens is 361 g/mol. The summed E-state index contributed by atoms with van der Waals surface area (Å²) >= 11 is 0. The number of ketones is 2. The molecule has 1 aromatic carbocycles. The molecule has 0 saturated carbocycles. The fraction of sp³-hybridized carbons (Fsp3) is 0.211. The summed E-state index contributed by atoms with van der Waals surface area (Å²) < 4.78 is 45.1. The summed E-state index contributed by atoms with van der Waals surface area (Å²) in [5.74, 6) is -1.43. The molecule has 0 radical (unpaired) electrons. The Morgan fingerprint density at radius 2 is 2.00 bits per heavy atom. The van der Waals surface area contributed by atoms with Crippen molar-refractivity contribution in [3.63, 3.8) is 0 Å². The number of benzene rings is 1. The SMILES string of the molecule is Nc1c(C(=O)c2cnccc2C(F)(F)F)oc2cc3c(cc12)C(=O)CCC3. The number of nitrogen functional groups attached to an aromatic ring is 1. The molecule has 8 heteroatoms. The summed E-state index contributed by atoms with van der Waals surface area (Å²) in [6.07, 6.45) is -1.10. The van der Waals surface area contributed by atoms with E-state index in [-0.39, 0.29) is 17.1 Å². The van der Waals surface area contributed by atoms with E-state index in [1.54, 1.807) is 12.1 Å². The van der Waals surface area contributed by atoms with Crippen LogP contribution in [0.3, 0.4) is 0 Å². The number of furan rings is 1.